The smallest absolute Gasteiger partial charge is 0.276 e. The van der Waals surface area contributed by atoms with Gasteiger partial charge in [0.2, 0.25) is 0 Å². The number of sulfonamides is 1. The number of rotatable bonds is 5. The Bertz CT molecular complexity index is 1700. The first-order chi connectivity index (χ1) is 18.6. The van der Waals surface area contributed by atoms with Gasteiger partial charge in [-0.1, -0.05) is 87.7 Å². The van der Waals surface area contributed by atoms with Crippen molar-refractivity contribution in [1.29, 1.82) is 0 Å². The molecule has 3 atom stereocenters. The lowest BCUT2D eigenvalue weighted by atomic mass is 9.72. The van der Waals surface area contributed by atoms with Crippen LogP contribution in [0.5, 0.6) is 5.75 Å². The van der Waals surface area contributed by atoms with E-state index in [1.807, 2.05) is 61.5 Å². The summed E-state index contributed by atoms with van der Waals surface area (Å²) in [6, 6.07) is 25.2. The number of fused-ring (bicyclic) bond motifs is 3. The standard InChI is InChI=1S/C29H23BrClN3O4S/c1-18-7-13-23(14-8-18)39(36,37)34-33-26-16-24(19-5-3-2-4-6-19)29(20-9-11-21(30)12-10-20)28(26,35)27-25(38-29)15-22(31)17-32-27/h2-15,17,24,34-35H,16H2,1H3/t24-,28+,29-/m0/s1. The first-order valence-electron chi connectivity index (χ1n) is 12.2. The molecule has 6 rings (SSSR count). The zero-order valence-electron chi connectivity index (χ0n) is 20.7. The van der Waals surface area contributed by atoms with Crippen LogP contribution in [0.4, 0.5) is 0 Å². The lowest BCUT2D eigenvalue weighted by Crippen LogP contribution is -2.51. The van der Waals surface area contributed by atoms with Crippen LogP contribution in [-0.4, -0.2) is 24.2 Å². The van der Waals surface area contributed by atoms with Gasteiger partial charge in [0.1, 0.15) is 11.4 Å². The number of benzene rings is 3. The van der Waals surface area contributed by atoms with Crippen LogP contribution in [0.15, 0.2) is 106 Å². The number of nitrogens with zero attached hydrogens (tertiary/aromatic N) is 2. The number of halogens is 2. The topological polar surface area (TPSA) is 101 Å². The molecule has 3 aromatic carbocycles. The second-order valence-electron chi connectivity index (χ2n) is 9.69. The average molecular weight is 625 g/mol. The molecule has 1 aromatic heterocycles. The largest absolute Gasteiger partial charge is 0.476 e. The minimum Gasteiger partial charge on any atom is -0.476 e. The first-order valence-corrected chi connectivity index (χ1v) is 14.8. The third kappa shape index (κ3) is 4.07. The zero-order valence-corrected chi connectivity index (χ0v) is 23.8. The van der Waals surface area contributed by atoms with Crippen LogP contribution < -0.4 is 9.57 Å². The van der Waals surface area contributed by atoms with Crippen molar-refractivity contribution in [1.82, 2.24) is 9.82 Å². The minimum atomic E-state index is -4.01. The molecule has 39 heavy (non-hydrogen) atoms. The molecule has 10 heteroatoms. The molecular weight excluding hydrogens is 602 g/mol. The normalized spacial score (nSPS) is 24.7. The molecule has 1 aliphatic heterocycles. The highest BCUT2D eigenvalue weighted by molar-refractivity contribution is 9.10. The average Bonchev–Trinajstić information content (AvgIpc) is 3.33. The number of pyridine rings is 1. The van der Waals surface area contributed by atoms with Gasteiger partial charge < -0.3 is 9.84 Å². The summed E-state index contributed by atoms with van der Waals surface area (Å²) in [6.07, 6.45) is 1.64. The molecule has 0 bridgehead atoms. The minimum absolute atomic E-state index is 0.0641. The molecule has 2 aliphatic rings. The highest BCUT2D eigenvalue weighted by Crippen LogP contribution is 2.65. The highest BCUT2D eigenvalue weighted by Gasteiger charge is 2.72. The van der Waals surface area contributed by atoms with E-state index in [-0.39, 0.29) is 22.7 Å². The van der Waals surface area contributed by atoms with E-state index < -0.39 is 27.1 Å². The molecule has 7 nitrogen and oxygen atoms in total. The summed E-state index contributed by atoms with van der Waals surface area (Å²) in [6.45, 7) is 1.88. The Labute approximate surface area is 239 Å². The van der Waals surface area contributed by atoms with E-state index in [9.17, 15) is 13.5 Å². The van der Waals surface area contributed by atoms with E-state index in [0.717, 1.165) is 15.6 Å². The Morgan fingerprint density at radius 3 is 2.46 bits per heavy atom. The van der Waals surface area contributed by atoms with Gasteiger partial charge in [-0.15, -0.1) is 0 Å². The van der Waals surface area contributed by atoms with Crippen LogP contribution in [0.2, 0.25) is 5.02 Å². The molecule has 0 radical (unpaired) electrons. The fourth-order valence-corrected chi connectivity index (χ4v) is 6.81. The van der Waals surface area contributed by atoms with Crippen molar-refractivity contribution in [2.45, 2.75) is 35.4 Å². The number of aromatic nitrogens is 1. The molecule has 1 saturated carbocycles. The van der Waals surface area contributed by atoms with Crippen molar-refractivity contribution in [2.75, 3.05) is 0 Å². The first kappa shape index (κ1) is 26.0. The van der Waals surface area contributed by atoms with Crippen LogP contribution in [0.1, 0.15) is 34.7 Å². The molecule has 0 spiro atoms. The highest BCUT2D eigenvalue weighted by atomic mass is 79.9. The molecule has 1 fully saturated rings. The molecule has 0 amide bonds. The van der Waals surface area contributed by atoms with Crippen LogP contribution in [-0.2, 0) is 21.2 Å². The molecule has 2 N–H and O–H groups in total. The Balaban J connectivity index is 1.57. The third-order valence-electron chi connectivity index (χ3n) is 7.38. The van der Waals surface area contributed by atoms with Gasteiger partial charge in [-0.05, 0) is 42.3 Å². The predicted octanol–water partition coefficient (Wildman–Crippen LogP) is 5.80. The fraction of sp³-hybridized carbons (Fsp3) is 0.172. The lowest BCUT2D eigenvalue weighted by molar-refractivity contribution is -0.0754. The fourth-order valence-electron chi connectivity index (χ4n) is 5.57. The van der Waals surface area contributed by atoms with Gasteiger partial charge >= 0.3 is 0 Å². The second-order valence-corrected chi connectivity index (χ2v) is 12.7. The van der Waals surface area contributed by atoms with Crippen molar-refractivity contribution >= 4 is 43.3 Å². The number of aryl methyl sites for hydroxylation is 1. The molecule has 1 aliphatic carbocycles. The summed E-state index contributed by atoms with van der Waals surface area (Å²) in [4.78, 5) is 6.89. The Hall–Kier alpha value is -3.24. The monoisotopic (exact) mass is 623 g/mol. The van der Waals surface area contributed by atoms with E-state index in [1.165, 1.54) is 18.3 Å². The summed E-state index contributed by atoms with van der Waals surface area (Å²) >= 11 is 9.76. The Morgan fingerprint density at radius 2 is 1.77 bits per heavy atom. The van der Waals surface area contributed by atoms with Gasteiger partial charge in [0, 0.05) is 29.1 Å². The van der Waals surface area contributed by atoms with Crippen LogP contribution in [0, 0.1) is 6.92 Å². The Morgan fingerprint density at radius 1 is 1.08 bits per heavy atom. The molecule has 198 valence electrons. The molecular formula is C29H23BrClN3O4S. The van der Waals surface area contributed by atoms with Gasteiger partial charge in [-0.2, -0.15) is 13.5 Å². The van der Waals surface area contributed by atoms with Gasteiger partial charge in [-0.25, -0.2) is 4.83 Å². The lowest BCUT2D eigenvalue weighted by Gasteiger charge is -2.39. The maximum Gasteiger partial charge on any atom is 0.276 e. The van der Waals surface area contributed by atoms with E-state index in [1.54, 1.807) is 18.2 Å². The quantitative estimate of drug-likeness (QED) is 0.273. The summed E-state index contributed by atoms with van der Waals surface area (Å²) in [5.41, 5.74) is -0.391. The predicted molar refractivity (Wildman–Crippen MR) is 152 cm³/mol. The Kier molecular flexibility index (Phi) is 6.30. The summed E-state index contributed by atoms with van der Waals surface area (Å²) in [5, 5.41) is 17.4. The maximum atomic E-state index is 13.2. The number of nitrogens with one attached hydrogen (secondary N) is 1. The van der Waals surface area contributed by atoms with Gasteiger partial charge in [-0.3, -0.25) is 4.98 Å². The zero-order chi connectivity index (χ0) is 27.4. The maximum absolute atomic E-state index is 13.2. The number of aliphatic hydroxyl groups is 1. The van der Waals surface area contributed by atoms with Gasteiger partial charge in [0.05, 0.1) is 15.6 Å². The van der Waals surface area contributed by atoms with E-state index in [2.05, 4.69) is 30.8 Å². The van der Waals surface area contributed by atoms with Crippen molar-refractivity contribution in [2.24, 2.45) is 5.10 Å². The SMILES string of the molecule is Cc1ccc(S(=O)(=O)NN=C2C[C@@H](c3ccccc3)[C@]3(c4ccc(Br)cc4)Oc4cc(Cl)cnc4[C@]23O)cc1. The molecule has 2 heterocycles. The van der Waals surface area contributed by atoms with Gasteiger partial charge in [0.15, 0.2) is 11.2 Å². The number of ether oxygens (including phenoxy) is 1. The van der Waals surface area contributed by atoms with Crippen molar-refractivity contribution in [3.05, 3.63) is 123 Å². The summed E-state index contributed by atoms with van der Waals surface area (Å²) in [5.74, 6) is -0.136. The van der Waals surface area contributed by atoms with Gasteiger partial charge in [0.25, 0.3) is 10.0 Å². The molecule has 4 aromatic rings. The summed E-state index contributed by atoms with van der Waals surface area (Å²) < 4.78 is 33.9. The van der Waals surface area contributed by atoms with E-state index in [4.69, 9.17) is 16.3 Å². The van der Waals surface area contributed by atoms with Crippen molar-refractivity contribution < 1.29 is 18.3 Å². The second kappa shape index (κ2) is 9.45. The number of hydrazone groups is 1. The third-order valence-corrected chi connectivity index (χ3v) is 9.34. The van der Waals surface area contributed by atoms with E-state index in [0.29, 0.717) is 16.3 Å². The van der Waals surface area contributed by atoms with Crippen LogP contribution >= 0.6 is 27.5 Å². The number of hydrogen-bond acceptors (Lipinski definition) is 6. The summed E-state index contributed by atoms with van der Waals surface area (Å²) in [7, 11) is -4.01. The van der Waals surface area contributed by atoms with Crippen molar-refractivity contribution in [3.8, 4) is 5.75 Å². The molecule has 0 saturated heterocycles. The van der Waals surface area contributed by atoms with Crippen LogP contribution in [0.25, 0.3) is 0 Å². The van der Waals surface area contributed by atoms with E-state index >= 15 is 0 Å². The van der Waals surface area contributed by atoms with Crippen molar-refractivity contribution in [3.63, 3.8) is 0 Å². The van der Waals surface area contributed by atoms with Crippen LogP contribution in [0.3, 0.4) is 0 Å². The molecule has 0 unspecified atom stereocenters. The number of hydrogen-bond donors (Lipinski definition) is 2.